The van der Waals surface area contributed by atoms with Crippen molar-refractivity contribution in [1.82, 2.24) is 9.97 Å². The highest BCUT2D eigenvalue weighted by Gasteiger charge is 2.23. The molecule has 228 valence electrons. The Bertz CT molecular complexity index is 1420. The number of anilines is 2. The molecule has 1 aliphatic heterocycles. The van der Waals surface area contributed by atoms with Gasteiger partial charge in [-0.3, -0.25) is 10.1 Å². The van der Waals surface area contributed by atoms with Crippen LogP contribution in [0.4, 0.5) is 17.5 Å². The van der Waals surface area contributed by atoms with E-state index in [9.17, 15) is 14.9 Å². The summed E-state index contributed by atoms with van der Waals surface area (Å²) in [6.45, 7) is 4.76. The van der Waals surface area contributed by atoms with Crippen LogP contribution in [0.5, 0.6) is 0 Å². The molecule has 2 fully saturated rings. The summed E-state index contributed by atoms with van der Waals surface area (Å²) in [5.41, 5.74) is 10.1. The maximum Gasteiger partial charge on any atom is 0.338 e. The van der Waals surface area contributed by atoms with Crippen LogP contribution in [0.2, 0.25) is 0 Å². The highest BCUT2D eigenvalue weighted by Crippen LogP contribution is 2.30. The molecule has 1 saturated heterocycles. The first-order chi connectivity index (χ1) is 20.9. The molecular weight excluding hydrogens is 548 g/mol. The Labute approximate surface area is 251 Å². The molecule has 3 aromatic rings. The van der Waals surface area contributed by atoms with Gasteiger partial charge in [0.05, 0.1) is 16.6 Å². The molecule has 11 nitrogen and oxygen atoms in total. The van der Waals surface area contributed by atoms with Crippen molar-refractivity contribution in [2.24, 2.45) is 17.6 Å². The highest BCUT2D eigenvalue weighted by molar-refractivity contribution is 5.91. The predicted molar refractivity (Wildman–Crippen MR) is 165 cm³/mol. The van der Waals surface area contributed by atoms with Crippen molar-refractivity contribution in [1.29, 1.82) is 0 Å². The summed E-state index contributed by atoms with van der Waals surface area (Å²) in [6.07, 6.45) is 7.40. The Morgan fingerprint density at radius 3 is 2.65 bits per heavy atom. The molecule has 1 unspecified atom stereocenters. The molecule has 0 bridgehead atoms. The molecule has 0 radical (unpaired) electrons. The van der Waals surface area contributed by atoms with E-state index < -0.39 is 4.92 Å². The molecule has 2 heterocycles. The number of nitro groups is 1. The quantitative estimate of drug-likeness (QED) is 0.141. The van der Waals surface area contributed by atoms with Gasteiger partial charge >= 0.3 is 11.7 Å². The zero-order chi connectivity index (χ0) is 30.2. The van der Waals surface area contributed by atoms with E-state index in [0.29, 0.717) is 49.6 Å². The van der Waals surface area contributed by atoms with E-state index in [4.69, 9.17) is 15.2 Å². The largest absolute Gasteiger partial charge is 0.459 e. The third-order valence-corrected chi connectivity index (χ3v) is 8.54. The van der Waals surface area contributed by atoms with Crippen LogP contribution in [-0.4, -0.2) is 53.3 Å². The molecule has 0 spiro atoms. The van der Waals surface area contributed by atoms with E-state index in [-0.39, 0.29) is 30.2 Å². The van der Waals surface area contributed by atoms with Crippen molar-refractivity contribution in [3.8, 4) is 11.1 Å². The smallest absolute Gasteiger partial charge is 0.338 e. The maximum absolute atomic E-state index is 12.7. The molecule has 1 aliphatic carbocycles. The zero-order valence-corrected chi connectivity index (χ0v) is 24.6. The van der Waals surface area contributed by atoms with Gasteiger partial charge in [-0.15, -0.1) is 0 Å². The van der Waals surface area contributed by atoms with Crippen LogP contribution in [0.3, 0.4) is 0 Å². The van der Waals surface area contributed by atoms with Gasteiger partial charge in [0.1, 0.15) is 12.8 Å². The summed E-state index contributed by atoms with van der Waals surface area (Å²) in [7, 11) is 0. The first kappa shape index (κ1) is 30.4. The van der Waals surface area contributed by atoms with E-state index in [1.165, 1.54) is 6.20 Å². The van der Waals surface area contributed by atoms with Gasteiger partial charge in [-0.25, -0.2) is 9.78 Å². The SMILES string of the molecule is Cc1c(CNc2ncc([N+](=O)[O-])c(NCC3CCC(CN)CC3)n2)cccc1-c1cccc(C(=O)OCC2CCCO2)c1. The molecule has 1 saturated carbocycles. The van der Waals surface area contributed by atoms with E-state index in [2.05, 4.69) is 20.6 Å². The molecule has 2 aliphatic rings. The predicted octanol–water partition coefficient (Wildman–Crippen LogP) is 5.49. The fourth-order valence-corrected chi connectivity index (χ4v) is 5.84. The average molecular weight is 589 g/mol. The topological polar surface area (TPSA) is 155 Å². The number of rotatable bonds is 12. The molecule has 5 rings (SSSR count). The van der Waals surface area contributed by atoms with Crippen LogP contribution in [0.1, 0.15) is 60.0 Å². The number of ether oxygens (including phenoxy) is 2. The van der Waals surface area contributed by atoms with E-state index in [1.54, 1.807) is 6.07 Å². The third kappa shape index (κ3) is 7.85. The Morgan fingerprint density at radius 2 is 1.91 bits per heavy atom. The summed E-state index contributed by atoms with van der Waals surface area (Å²) in [5, 5.41) is 18.1. The second-order valence-corrected chi connectivity index (χ2v) is 11.4. The van der Waals surface area contributed by atoms with Gasteiger partial charge in [-0.2, -0.15) is 4.98 Å². The molecule has 2 aromatic carbocycles. The Kier molecular flexibility index (Phi) is 10.2. The third-order valence-electron chi connectivity index (χ3n) is 8.54. The van der Waals surface area contributed by atoms with Crippen molar-refractivity contribution in [2.75, 3.05) is 36.9 Å². The van der Waals surface area contributed by atoms with Crippen molar-refractivity contribution in [2.45, 2.75) is 58.1 Å². The van der Waals surface area contributed by atoms with Gasteiger partial charge in [0.15, 0.2) is 0 Å². The highest BCUT2D eigenvalue weighted by atomic mass is 16.6. The molecule has 11 heteroatoms. The van der Waals surface area contributed by atoms with Crippen LogP contribution in [-0.2, 0) is 16.0 Å². The minimum absolute atomic E-state index is 0.0216. The number of hydrogen-bond acceptors (Lipinski definition) is 10. The van der Waals surface area contributed by atoms with Gasteiger partial charge in [0, 0.05) is 19.7 Å². The van der Waals surface area contributed by atoms with Crippen LogP contribution in [0, 0.1) is 28.9 Å². The van der Waals surface area contributed by atoms with Crippen LogP contribution >= 0.6 is 0 Å². The number of nitrogens with zero attached hydrogens (tertiary/aromatic N) is 3. The minimum Gasteiger partial charge on any atom is -0.459 e. The molecule has 4 N–H and O–H groups in total. The normalized spacial score (nSPS) is 20.0. The standard InChI is InChI=1S/C32H40N6O5/c1-21-26(7-3-9-28(21)24-5-2-6-25(15-24)31(39)43-20-27-8-4-14-42-27)18-35-32-36-19-29(38(40)41)30(37-32)34-17-23-12-10-22(16-33)11-13-23/h2-3,5-7,9,15,19,22-23,27H,4,8,10-14,16-18,20,33H2,1H3,(H2,34,35,36,37). The van der Waals surface area contributed by atoms with Crippen molar-refractivity contribution in [3.63, 3.8) is 0 Å². The first-order valence-corrected chi connectivity index (χ1v) is 15.1. The number of carbonyl (C=O) groups is 1. The van der Waals surface area contributed by atoms with E-state index in [1.807, 2.05) is 43.3 Å². The lowest BCUT2D eigenvalue weighted by atomic mass is 9.82. The van der Waals surface area contributed by atoms with Crippen molar-refractivity contribution < 1.29 is 19.2 Å². The van der Waals surface area contributed by atoms with Crippen LogP contribution in [0.25, 0.3) is 11.1 Å². The summed E-state index contributed by atoms with van der Waals surface area (Å²) >= 11 is 0. The van der Waals surface area contributed by atoms with Crippen LogP contribution < -0.4 is 16.4 Å². The van der Waals surface area contributed by atoms with Crippen molar-refractivity contribution in [3.05, 3.63) is 75.5 Å². The molecule has 1 atom stereocenters. The van der Waals surface area contributed by atoms with Gasteiger partial charge < -0.3 is 25.8 Å². The molecule has 0 amide bonds. The number of aromatic nitrogens is 2. The minimum atomic E-state index is -0.461. The zero-order valence-electron chi connectivity index (χ0n) is 24.6. The lowest BCUT2D eigenvalue weighted by molar-refractivity contribution is -0.384. The Balaban J connectivity index is 1.24. The average Bonchev–Trinajstić information content (AvgIpc) is 3.56. The molecule has 43 heavy (non-hydrogen) atoms. The van der Waals surface area contributed by atoms with Crippen molar-refractivity contribution >= 4 is 23.4 Å². The number of esters is 1. The number of nitrogens with one attached hydrogen (secondary N) is 2. The second-order valence-electron chi connectivity index (χ2n) is 11.4. The van der Waals surface area contributed by atoms with Gasteiger partial charge in [-0.05, 0) is 98.2 Å². The van der Waals surface area contributed by atoms with Gasteiger partial charge in [0.2, 0.25) is 11.8 Å². The number of benzene rings is 2. The first-order valence-electron chi connectivity index (χ1n) is 15.1. The van der Waals surface area contributed by atoms with Gasteiger partial charge in [-0.1, -0.05) is 30.3 Å². The monoisotopic (exact) mass is 588 g/mol. The number of nitrogens with two attached hydrogens (primary N) is 1. The van der Waals surface area contributed by atoms with E-state index in [0.717, 1.165) is 60.8 Å². The Hall–Kier alpha value is -4.09. The summed E-state index contributed by atoms with van der Waals surface area (Å²) in [4.78, 5) is 32.5. The maximum atomic E-state index is 12.7. The lowest BCUT2D eigenvalue weighted by Gasteiger charge is -2.27. The number of hydrogen-bond donors (Lipinski definition) is 3. The van der Waals surface area contributed by atoms with E-state index >= 15 is 0 Å². The molecule has 1 aromatic heterocycles. The number of carbonyl (C=O) groups excluding carboxylic acids is 1. The van der Waals surface area contributed by atoms with Crippen LogP contribution in [0.15, 0.2) is 48.7 Å². The summed E-state index contributed by atoms with van der Waals surface area (Å²) in [6, 6.07) is 13.4. The lowest BCUT2D eigenvalue weighted by Crippen LogP contribution is -2.25. The fourth-order valence-electron chi connectivity index (χ4n) is 5.84. The molecular formula is C32H40N6O5. The second kappa shape index (κ2) is 14.4. The van der Waals surface area contributed by atoms with Gasteiger partial charge in [0.25, 0.3) is 0 Å². The Morgan fingerprint density at radius 1 is 1.12 bits per heavy atom. The summed E-state index contributed by atoms with van der Waals surface area (Å²) < 4.78 is 11.1. The fraction of sp³-hybridized carbons (Fsp3) is 0.469. The summed E-state index contributed by atoms with van der Waals surface area (Å²) in [5.74, 6) is 1.17.